The van der Waals surface area contributed by atoms with Gasteiger partial charge in [0.2, 0.25) is 0 Å². The van der Waals surface area contributed by atoms with Gasteiger partial charge in [0.1, 0.15) is 17.2 Å². The van der Waals surface area contributed by atoms with Gasteiger partial charge in [-0.3, -0.25) is 9.59 Å². The summed E-state index contributed by atoms with van der Waals surface area (Å²) in [4.78, 5) is 26.6. The Morgan fingerprint density at radius 2 is 1.92 bits per heavy atom. The fourth-order valence-corrected chi connectivity index (χ4v) is 3.96. The average molecular weight is 379 g/mol. The van der Waals surface area contributed by atoms with Gasteiger partial charge in [0.25, 0.3) is 11.5 Å². The molecule has 1 saturated carbocycles. The minimum atomic E-state index is -0.566. The molecular formula is C18H20ClFN4O2. The summed E-state index contributed by atoms with van der Waals surface area (Å²) in [5.41, 5.74) is 5.80. The van der Waals surface area contributed by atoms with Crippen LogP contribution in [0.2, 0.25) is 0 Å². The molecule has 2 heterocycles. The number of likely N-dealkylation sites (tertiary alicyclic amines) is 1. The summed E-state index contributed by atoms with van der Waals surface area (Å²) in [6.45, 7) is 1.28. The van der Waals surface area contributed by atoms with Crippen molar-refractivity contribution >= 4 is 18.3 Å². The fraction of sp³-hybridized carbons (Fsp3) is 0.389. The fourth-order valence-electron chi connectivity index (χ4n) is 3.96. The number of hydrogen-bond acceptors (Lipinski definition) is 4. The zero-order valence-corrected chi connectivity index (χ0v) is 14.9. The van der Waals surface area contributed by atoms with Crippen molar-refractivity contribution in [3.8, 4) is 5.69 Å². The molecule has 4 rings (SSSR count). The van der Waals surface area contributed by atoms with E-state index < -0.39 is 11.4 Å². The van der Waals surface area contributed by atoms with E-state index in [-0.39, 0.29) is 35.7 Å². The molecule has 1 saturated heterocycles. The third-order valence-electron chi connectivity index (χ3n) is 5.30. The predicted molar refractivity (Wildman–Crippen MR) is 97.1 cm³/mol. The van der Waals surface area contributed by atoms with Crippen molar-refractivity contribution in [3.63, 3.8) is 0 Å². The van der Waals surface area contributed by atoms with Gasteiger partial charge in [0.15, 0.2) is 0 Å². The molecule has 0 spiro atoms. The van der Waals surface area contributed by atoms with E-state index in [1.54, 1.807) is 11.0 Å². The van der Waals surface area contributed by atoms with Crippen LogP contribution in [0.3, 0.4) is 0 Å². The molecule has 2 aliphatic rings. The van der Waals surface area contributed by atoms with E-state index in [2.05, 4.69) is 5.10 Å². The Hall–Kier alpha value is -2.25. The predicted octanol–water partition coefficient (Wildman–Crippen LogP) is 1.60. The molecule has 3 unspecified atom stereocenters. The third kappa shape index (κ3) is 3.12. The molecule has 26 heavy (non-hydrogen) atoms. The number of carbonyl (C=O) groups excluding carboxylic acids is 1. The molecule has 2 fully saturated rings. The summed E-state index contributed by atoms with van der Waals surface area (Å²) >= 11 is 0. The van der Waals surface area contributed by atoms with Crippen LogP contribution >= 0.6 is 12.4 Å². The van der Waals surface area contributed by atoms with Gasteiger partial charge in [-0.1, -0.05) is 12.1 Å². The first-order valence-electron chi connectivity index (χ1n) is 8.45. The highest BCUT2D eigenvalue weighted by atomic mass is 35.5. The number of nitrogens with zero attached hydrogens (tertiary/aromatic N) is 3. The van der Waals surface area contributed by atoms with E-state index in [4.69, 9.17) is 5.73 Å². The Kier molecular flexibility index (Phi) is 5.11. The van der Waals surface area contributed by atoms with Crippen LogP contribution in [-0.2, 0) is 0 Å². The van der Waals surface area contributed by atoms with Gasteiger partial charge in [-0.2, -0.15) is 9.78 Å². The summed E-state index contributed by atoms with van der Waals surface area (Å²) in [6, 6.07) is 8.64. The summed E-state index contributed by atoms with van der Waals surface area (Å²) < 4.78 is 14.9. The van der Waals surface area contributed by atoms with Gasteiger partial charge in [-0.05, 0) is 42.9 Å². The zero-order chi connectivity index (χ0) is 17.6. The molecule has 3 atom stereocenters. The van der Waals surface area contributed by atoms with E-state index in [0.717, 1.165) is 17.5 Å². The van der Waals surface area contributed by atoms with E-state index >= 15 is 0 Å². The van der Waals surface area contributed by atoms with Crippen molar-refractivity contribution in [2.75, 3.05) is 13.1 Å². The van der Waals surface area contributed by atoms with Gasteiger partial charge >= 0.3 is 0 Å². The first kappa shape index (κ1) is 18.5. The molecule has 2 aromatic rings. The van der Waals surface area contributed by atoms with Crippen molar-refractivity contribution in [1.82, 2.24) is 14.7 Å². The lowest BCUT2D eigenvalue weighted by molar-refractivity contribution is 0.0771. The monoisotopic (exact) mass is 378 g/mol. The van der Waals surface area contributed by atoms with Gasteiger partial charge in [-0.15, -0.1) is 12.4 Å². The largest absolute Gasteiger partial charge is 0.337 e. The maximum absolute atomic E-state index is 14.0. The Bertz CT molecular complexity index is 887. The Balaban J connectivity index is 0.00000196. The maximum atomic E-state index is 14.0. The highest BCUT2D eigenvalue weighted by molar-refractivity contribution is 5.92. The first-order chi connectivity index (χ1) is 12.0. The first-order valence-corrected chi connectivity index (χ1v) is 8.45. The van der Waals surface area contributed by atoms with E-state index in [1.165, 1.54) is 30.3 Å². The van der Waals surface area contributed by atoms with Crippen molar-refractivity contribution in [2.24, 2.45) is 17.6 Å². The van der Waals surface area contributed by atoms with Gasteiger partial charge in [0.05, 0.1) is 0 Å². The molecule has 0 bridgehead atoms. The minimum Gasteiger partial charge on any atom is -0.337 e. The highest BCUT2D eigenvalue weighted by Crippen LogP contribution is 2.37. The second-order valence-electron chi connectivity index (χ2n) is 6.80. The summed E-state index contributed by atoms with van der Waals surface area (Å²) in [5, 5.41) is 4.10. The molecule has 0 radical (unpaired) electrons. The maximum Gasteiger partial charge on any atom is 0.274 e. The Labute approximate surface area is 156 Å². The topological polar surface area (TPSA) is 81.2 Å². The molecule has 1 aromatic heterocycles. The van der Waals surface area contributed by atoms with Crippen LogP contribution in [0.5, 0.6) is 0 Å². The van der Waals surface area contributed by atoms with Gasteiger partial charge in [0, 0.05) is 25.2 Å². The lowest BCUT2D eigenvalue weighted by Crippen LogP contribution is -2.35. The molecule has 2 N–H and O–H groups in total. The smallest absolute Gasteiger partial charge is 0.274 e. The Morgan fingerprint density at radius 1 is 1.15 bits per heavy atom. The third-order valence-corrected chi connectivity index (χ3v) is 5.30. The van der Waals surface area contributed by atoms with Crippen molar-refractivity contribution in [3.05, 3.63) is 58.3 Å². The van der Waals surface area contributed by atoms with E-state index in [1.807, 2.05) is 0 Å². The SMILES string of the molecule is Cl.NC1CCC2CN(C(=O)c3ccc(=O)n(-c4ccccc4F)n3)CC12. The number of carbonyl (C=O) groups is 1. The van der Waals surface area contributed by atoms with Crippen LogP contribution in [0.15, 0.2) is 41.2 Å². The van der Waals surface area contributed by atoms with Crippen LogP contribution in [0.1, 0.15) is 23.3 Å². The normalized spacial score (nSPS) is 24.2. The number of halogens is 2. The summed E-state index contributed by atoms with van der Waals surface area (Å²) in [5.74, 6) is -0.0343. The van der Waals surface area contributed by atoms with Crippen LogP contribution in [0, 0.1) is 17.7 Å². The average Bonchev–Trinajstić information content (AvgIpc) is 3.18. The summed E-state index contributed by atoms with van der Waals surface area (Å²) in [7, 11) is 0. The molecular weight excluding hydrogens is 359 g/mol. The zero-order valence-electron chi connectivity index (χ0n) is 14.0. The second-order valence-corrected chi connectivity index (χ2v) is 6.80. The number of para-hydroxylation sites is 1. The van der Waals surface area contributed by atoms with E-state index in [0.29, 0.717) is 24.9 Å². The van der Waals surface area contributed by atoms with Crippen molar-refractivity contribution in [1.29, 1.82) is 0 Å². The highest BCUT2D eigenvalue weighted by Gasteiger charge is 2.42. The molecule has 138 valence electrons. The number of nitrogens with two attached hydrogens (primary N) is 1. The number of amides is 1. The van der Waals surface area contributed by atoms with Crippen LogP contribution in [0.4, 0.5) is 4.39 Å². The van der Waals surface area contributed by atoms with Gasteiger partial charge in [-0.25, -0.2) is 4.39 Å². The van der Waals surface area contributed by atoms with E-state index in [9.17, 15) is 14.0 Å². The number of hydrogen-bond donors (Lipinski definition) is 1. The van der Waals surface area contributed by atoms with Crippen LogP contribution in [-0.4, -0.2) is 39.7 Å². The number of aromatic nitrogens is 2. The minimum absolute atomic E-state index is 0. The second kappa shape index (κ2) is 7.17. The van der Waals surface area contributed by atoms with Crippen molar-refractivity contribution in [2.45, 2.75) is 18.9 Å². The lowest BCUT2D eigenvalue weighted by atomic mass is 9.98. The van der Waals surface area contributed by atoms with Crippen LogP contribution < -0.4 is 11.3 Å². The lowest BCUT2D eigenvalue weighted by Gasteiger charge is -2.18. The Morgan fingerprint density at radius 3 is 2.65 bits per heavy atom. The number of rotatable bonds is 2. The quantitative estimate of drug-likeness (QED) is 0.860. The molecule has 1 aliphatic heterocycles. The number of benzene rings is 1. The summed E-state index contributed by atoms with van der Waals surface area (Å²) in [6.07, 6.45) is 2.05. The number of fused-ring (bicyclic) bond motifs is 1. The van der Waals surface area contributed by atoms with Crippen LogP contribution in [0.25, 0.3) is 5.69 Å². The molecule has 1 aromatic carbocycles. The molecule has 8 heteroatoms. The standard InChI is InChI=1S/C18H19FN4O2.ClH/c19-13-3-1-2-4-16(13)23-17(24)8-7-15(21-23)18(25)22-9-11-5-6-14(20)12(11)10-22;/h1-4,7-8,11-12,14H,5-6,9-10,20H2;1H. The van der Waals surface area contributed by atoms with Crippen molar-refractivity contribution < 1.29 is 9.18 Å². The molecule has 6 nitrogen and oxygen atoms in total. The molecule has 1 aliphatic carbocycles. The molecule has 1 amide bonds. The van der Waals surface area contributed by atoms with Gasteiger partial charge < -0.3 is 10.6 Å².